The molecule has 0 spiro atoms. The molecular formula is C21H24N2O4. The van der Waals surface area contributed by atoms with E-state index in [2.05, 4.69) is 6.07 Å². The fourth-order valence-electron chi connectivity index (χ4n) is 3.32. The molecule has 0 saturated heterocycles. The quantitative estimate of drug-likeness (QED) is 0.814. The SMILES string of the molecule is COc1ccc(OC)c(N(CC(=O)N2CCc3ccccc3C2)C(C)=O)c1. The van der Waals surface area contributed by atoms with E-state index in [-0.39, 0.29) is 18.4 Å². The van der Waals surface area contributed by atoms with Gasteiger partial charge in [0.15, 0.2) is 0 Å². The predicted octanol–water partition coefficient (Wildman–Crippen LogP) is 2.64. The molecule has 2 amide bonds. The average Bonchev–Trinajstić information content (AvgIpc) is 2.70. The minimum absolute atomic E-state index is 0.0406. The Bertz CT molecular complexity index is 850. The van der Waals surface area contributed by atoms with Crippen LogP contribution in [0.15, 0.2) is 42.5 Å². The number of amides is 2. The molecule has 1 heterocycles. The van der Waals surface area contributed by atoms with Gasteiger partial charge in [0.2, 0.25) is 11.8 Å². The molecule has 3 rings (SSSR count). The first-order chi connectivity index (χ1) is 13.0. The summed E-state index contributed by atoms with van der Waals surface area (Å²) in [6, 6.07) is 13.3. The molecule has 6 heteroatoms. The first-order valence-electron chi connectivity index (χ1n) is 8.88. The number of anilines is 1. The van der Waals surface area contributed by atoms with Crippen LogP contribution in [-0.4, -0.2) is 44.0 Å². The maximum absolute atomic E-state index is 12.9. The van der Waals surface area contributed by atoms with Crippen LogP contribution in [0.4, 0.5) is 5.69 Å². The Kier molecular flexibility index (Phi) is 5.64. The molecular weight excluding hydrogens is 344 g/mol. The smallest absolute Gasteiger partial charge is 0.242 e. The van der Waals surface area contributed by atoms with Gasteiger partial charge in [-0.05, 0) is 29.7 Å². The van der Waals surface area contributed by atoms with Gasteiger partial charge in [0.25, 0.3) is 0 Å². The zero-order valence-electron chi connectivity index (χ0n) is 15.9. The van der Waals surface area contributed by atoms with Gasteiger partial charge in [-0.2, -0.15) is 0 Å². The van der Waals surface area contributed by atoms with E-state index in [1.54, 1.807) is 30.2 Å². The van der Waals surface area contributed by atoms with Crippen LogP contribution in [0.2, 0.25) is 0 Å². The van der Waals surface area contributed by atoms with E-state index in [1.165, 1.54) is 24.5 Å². The normalized spacial score (nSPS) is 12.9. The van der Waals surface area contributed by atoms with Gasteiger partial charge in [-0.1, -0.05) is 24.3 Å². The summed E-state index contributed by atoms with van der Waals surface area (Å²) >= 11 is 0. The van der Waals surface area contributed by atoms with Gasteiger partial charge in [0.1, 0.15) is 18.0 Å². The third-order valence-corrected chi connectivity index (χ3v) is 4.83. The summed E-state index contributed by atoms with van der Waals surface area (Å²) in [6.45, 7) is 2.62. The van der Waals surface area contributed by atoms with Crippen molar-refractivity contribution in [3.8, 4) is 11.5 Å². The summed E-state index contributed by atoms with van der Waals surface area (Å²) in [5, 5.41) is 0. The highest BCUT2D eigenvalue weighted by atomic mass is 16.5. The van der Waals surface area contributed by atoms with Crippen LogP contribution in [0.3, 0.4) is 0 Å². The highest BCUT2D eigenvalue weighted by Crippen LogP contribution is 2.32. The van der Waals surface area contributed by atoms with E-state index in [0.717, 1.165) is 12.0 Å². The van der Waals surface area contributed by atoms with E-state index < -0.39 is 0 Å². The molecule has 0 saturated carbocycles. The van der Waals surface area contributed by atoms with Crippen molar-refractivity contribution in [3.05, 3.63) is 53.6 Å². The lowest BCUT2D eigenvalue weighted by atomic mass is 10.00. The van der Waals surface area contributed by atoms with Gasteiger partial charge in [0.05, 0.1) is 19.9 Å². The molecule has 0 radical (unpaired) electrons. The lowest BCUT2D eigenvalue weighted by molar-refractivity contribution is -0.132. The van der Waals surface area contributed by atoms with Crippen molar-refractivity contribution < 1.29 is 19.1 Å². The fraction of sp³-hybridized carbons (Fsp3) is 0.333. The molecule has 0 bridgehead atoms. The Morgan fingerprint density at radius 1 is 1.07 bits per heavy atom. The van der Waals surface area contributed by atoms with Gasteiger partial charge in [-0.3, -0.25) is 14.5 Å². The molecule has 2 aromatic rings. The Morgan fingerprint density at radius 2 is 1.81 bits per heavy atom. The summed E-state index contributed by atoms with van der Waals surface area (Å²) in [7, 11) is 3.09. The van der Waals surface area contributed by atoms with Crippen LogP contribution in [0.1, 0.15) is 18.1 Å². The second kappa shape index (κ2) is 8.12. The van der Waals surface area contributed by atoms with Crippen molar-refractivity contribution in [1.82, 2.24) is 4.90 Å². The molecule has 0 fully saturated rings. The van der Waals surface area contributed by atoms with Crippen LogP contribution in [0.25, 0.3) is 0 Å². The van der Waals surface area contributed by atoms with Crippen molar-refractivity contribution in [2.45, 2.75) is 19.9 Å². The van der Waals surface area contributed by atoms with Crippen molar-refractivity contribution in [2.24, 2.45) is 0 Å². The molecule has 6 nitrogen and oxygen atoms in total. The predicted molar refractivity (Wildman–Crippen MR) is 103 cm³/mol. The Balaban J connectivity index is 1.81. The number of methoxy groups -OCH3 is 2. The van der Waals surface area contributed by atoms with Crippen molar-refractivity contribution in [3.63, 3.8) is 0 Å². The third kappa shape index (κ3) is 4.05. The van der Waals surface area contributed by atoms with E-state index in [0.29, 0.717) is 30.3 Å². The number of hydrogen-bond donors (Lipinski definition) is 0. The van der Waals surface area contributed by atoms with E-state index in [4.69, 9.17) is 9.47 Å². The van der Waals surface area contributed by atoms with Gasteiger partial charge >= 0.3 is 0 Å². The molecule has 142 valence electrons. The van der Waals surface area contributed by atoms with Gasteiger partial charge in [-0.25, -0.2) is 0 Å². The fourth-order valence-corrected chi connectivity index (χ4v) is 3.32. The number of benzene rings is 2. The Hall–Kier alpha value is -3.02. The average molecular weight is 368 g/mol. The van der Waals surface area contributed by atoms with Crippen LogP contribution in [0.5, 0.6) is 11.5 Å². The van der Waals surface area contributed by atoms with E-state index >= 15 is 0 Å². The number of ether oxygens (including phenoxy) is 2. The standard InChI is InChI=1S/C21H24N2O4/c1-15(24)23(19-12-18(26-2)8-9-20(19)27-3)14-21(25)22-11-10-16-6-4-5-7-17(16)13-22/h4-9,12H,10-11,13-14H2,1-3H3. The van der Waals surface area contributed by atoms with Crippen LogP contribution >= 0.6 is 0 Å². The summed E-state index contributed by atoms with van der Waals surface area (Å²) < 4.78 is 10.6. The van der Waals surface area contributed by atoms with Crippen LogP contribution < -0.4 is 14.4 Å². The number of carbonyl (C=O) groups is 2. The summed E-state index contributed by atoms with van der Waals surface area (Å²) in [4.78, 5) is 28.4. The first-order valence-corrected chi connectivity index (χ1v) is 8.88. The second-order valence-corrected chi connectivity index (χ2v) is 6.48. The molecule has 27 heavy (non-hydrogen) atoms. The number of fused-ring (bicyclic) bond motifs is 1. The number of hydrogen-bond acceptors (Lipinski definition) is 4. The molecule has 2 aromatic carbocycles. The van der Waals surface area contributed by atoms with Crippen LogP contribution in [0, 0.1) is 0 Å². The maximum atomic E-state index is 12.9. The molecule has 1 aliphatic rings. The third-order valence-electron chi connectivity index (χ3n) is 4.83. The summed E-state index contributed by atoms with van der Waals surface area (Å²) in [5.41, 5.74) is 2.96. The topological polar surface area (TPSA) is 59.1 Å². The highest BCUT2D eigenvalue weighted by Gasteiger charge is 2.25. The monoisotopic (exact) mass is 368 g/mol. The minimum Gasteiger partial charge on any atom is -0.497 e. The first kappa shape index (κ1) is 18.8. The van der Waals surface area contributed by atoms with Crippen molar-refractivity contribution in [2.75, 3.05) is 32.2 Å². The van der Waals surface area contributed by atoms with Gasteiger partial charge in [0, 0.05) is 26.1 Å². The highest BCUT2D eigenvalue weighted by molar-refractivity contribution is 5.99. The molecule has 0 atom stereocenters. The number of rotatable bonds is 5. The lowest BCUT2D eigenvalue weighted by Gasteiger charge is -2.31. The Labute approximate surface area is 159 Å². The number of carbonyl (C=O) groups excluding carboxylic acids is 2. The van der Waals surface area contributed by atoms with Gasteiger partial charge < -0.3 is 14.4 Å². The minimum atomic E-state index is -0.229. The molecule has 1 aliphatic heterocycles. The largest absolute Gasteiger partial charge is 0.497 e. The number of nitrogens with zero attached hydrogens (tertiary/aromatic N) is 2. The van der Waals surface area contributed by atoms with E-state index in [9.17, 15) is 9.59 Å². The lowest BCUT2D eigenvalue weighted by Crippen LogP contribution is -2.44. The van der Waals surface area contributed by atoms with Crippen molar-refractivity contribution in [1.29, 1.82) is 0 Å². The zero-order valence-corrected chi connectivity index (χ0v) is 15.9. The van der Waals surface area contributed by atoms with E-state index in [1.807, 2.05) is 18.2 Å². The Morgan fingerprint density at radius 3 is 2.48 bits per heavy atom. The van der Waals surface area contributed by atoms with Crippen molar-refractivity contribution >= 4 is 17.5 Å². The summed E-state index contributed by atoms with van der Waals surface area (Å²) in [6.07, 6.45) is 0.824. The second-order valence-electron chi connectivity index (χ2n) is 6.48. The molecule has 0 aromatic heterocycles. The van der Waals surface area contributed by atoms with Gasteiger partial charge in [-0.15, -0.1) is 0 Å². The van der Waals surface area contributed by atoms with Crippen LogP contribution in [-0.2, 0) is 22.6 Å². The molecule has 0 aliphatic carbocycles. The molecule has 0 N–H and O–H groups in total. The summed E-state index contributed by atoms with van der Waals surface area (Å²) in [5.74, 6) is 0.788. The zero-order chi connectivity index (χ0) is 19.4. The molecule has 0 unspecified atom stereocenters. The maximum Gasteiger partial charge on any atom is 0.242 e.